The van der Waals surface area contributed by atoms with Crippen LogP contribution in [0.3, 0.4) is 0 Å². The molecule has 0 saturated heterocycles. The number of aromatic nitrogens is 2. The second-order valence-electron chi connectivity index (χ2n) is 3.93. The number of H-pyrrole nitrogens is 1. The van der Waals surface area contributed by atoms with Crippen LogP contribution in [-0.2, 0) is 11.2 Å². The maximum Gasteiger partial charge on any atom is 0.282 e. The summed E-state index contributed by atoms with van der Waals surface area (Å²) in [5.41, 5.74) is 3.16. The van der Waals surface area contributed by atoms with Crippen molar-refractivity contribution in [2.45, 2.75) is 27.2 Å². The molecule has 0 aromatic carbocycles. The molecule has 0 fully saturated rings. The van der Waals surface area contributed by atoms with Gasteiger partial charge in [-0.3, -0.25) is 15.0 Å². The molecule has 2 aromatic rings. The predicted molar refractivity (Wildman–Crippen MR) is 75.4 cm³/mol. The van der Waals surface area contributed by atoms with E-state index in [0.29, 0.717) is 5.39 Å². The molecule has 0 unspecified atom stereocenters. The topological polar surface area (TPSA) is 66.9 Å². The highest BCUT2D eigenvalue weighted by atomic mass is 32.1. The van der Waals surface area contributed by atoms with Gasteiger partial charge in [0, 0.05) is 11.8 Å². The van der Waals surface area contributed by atoms with Crippen LogP contribution in [0.4, 0.5) is 0 Å². The van der Waals surface area contributed by atoms with Gasteiger partial charge in [0.15, 0.2) is 0 Å². The molecule has 0 aliphatic heterocycles. The average Bonchev–Trinajstić information content (AvgIpc) is 2.59. The van der Waals surface area contributed by atoms with E-state index in [2.05, 4.69) is 10.4 Å². The maximum absolute atomic E-state index is 12.3. The van der Waals surface area contributed by atoms with E-state index in [4.69, 9.17) is 12.2 Å². The number of amides is 1. The van der Waals surface area contributed by atoms with Gasteiger partial charge in [-0.05, 0) is 31.1 Å². The van der Waals surface area contributed by atoms with Crippen LogP contribution >= 0.6 is 23.6 Å². The standard InChI is InChI=1S/C11H13N3O2S2/c1-4-7-5(2)18-9-8(7)10(16)14(11(17)12-9)13-6(3)15/h4H2,1-3H3,(H,12,17)(H,13,15). The fourth-order valence-electron chi connectivity index (χ4n) is 1.93. The number of thiophene rings is 1. The Balaban J connectivity index is 2.87. The van der Waals surface area contributed by atoms with Crippen molar-refractivity contribution in [1.82, 2.24) is 9.66 Å². The minimum absolute atomic E-state index is 0.201. The second-order valence-corrected chi connectivity index (χ2v) is 5.54. The van der Waals surface area contributed by atoms with Crippen molar-refractivity contribution in [1.29, 1.82) is 0 Å². The molecular weight excluding hydrogens is 270 g/mol. The number of hydrogen-bond donors (Lipinski definition) is 2. The molecule has 2 aromatic heterocycles. The molecule has 0 bridgehead atoms. The van der Waals surface area contributed by atoms with E-state index in [-0.39, 0.29) is 16.2 Å². The number of carbonyl (C=O) groups excluding carboxylic acids is 1. The third kappa shape index (κ3) is 1.99. The number of aryl methyl sites for hydroxylation is 2. The fourth-order valence-corrected chi connectivity index (χ4v) is 3.37. The number of fused-ring (bicyclic) bond motifs is 1. The highest BCUT2D eigenvalue weighted by molar-refractivity contribution is 7.71. The first kappa shape index (κ1) is 13.0. The maximum atomic E-state index is 12.3. The first-order chi connectivity index (χ1) is 8.45. The number of hydrogen-bond acceptors (Lipinski definition) is 4. The molecule has 0 aliphatic rings. The van der Waals surface area contributed by atoms with Crippen LogP contribution in [0.25, 0.3) is 10.2 Å². The van der Waals surface area contributed by atoms with Crippen LogP contribution in [0.15, 0.2) is 4.79 Å². The molecule has 2 rings (SSSR count). The van der Waals surface area contributed by atoms with Gasteiger partial charge in [0.1, 0.15) is 4.83 Å². The summed E-state index contributed by atoms with van der Waals surface area (Å²) in [6, 6.07) is 0. The quantitative estimate of drug-likeness (QED) is 0.829. The smallest absolute Gasteiger partial charge is 0.282 e. The normalized spacial score (nSPS) is 10.8. The highest BCUT2D eigenvalue weighted by Gasteiger charge is 2.14. The van der Waals surface area contributed by atoms with Gasteiger partial charge in [-0.2, -0.15) is 4.68 Å². The molecule has 1 amide bonds. The van der Waals surface area contributed by atoms with Crippen LogP contribution < -0.4 is 11.0 Å². The molecule has 0 atom stereocenters. The first-order valence-electron chi connectivity index (χ1n) is 5.50. The molecule has 96 valence electrons. The lowest BCUT2D eigenvalue weighted by Gasteiger charge is -2.06. The van der Waals surface area contributed by atoms with Gasteiger partial charge in [0.2, 0.25) is 10.7 Å². The van der Waals surface area contributed by atoms with Crippen molar-refractivity contribution in [3.05, 3.63) is 25.6 Å². The van der Waals surface area contributed by atoms with Gasteiger partial charge in [0.25, 0.3) is 5.56 Å². The van der Waals surface area contributed by atoms with Gasteiger partial charge in [-0.1, -0.05) is 6.92 Å². The summed E-state index contributed by atoms with van der Waals surface area (Å²) in [5.74, 6) is -0.332. The Bertz CT molecular complexity index is 739. The van der Waals surface area contributed by atoms with E-state index in [1.165, 1.54) is 18.3 Å². The molecule has 7 heteroatoms. The lowest BCUT2D eigenvalue weighted by atomic mass is 10.1. The number of carbonyl (C=O) groups is 1. The third-order valence-electron chi connectivity index (χ3n) is 2.67. The molecule has 2 N–H and O–H groups in total. The van der Waals surface area contributed by atoms with E-state index in [1.807, 2.05) is 13.8 Å². The number of nitrogens with one attached hydrogen (secondary N) is 2. The molecule has 18 heavy (non-hydrogen) atoms. The molecule has 0 saturated carbocycles. The van der Waals surface area contributed by atoms with Crippen LogP contribution in [-0.4, -0.2) is 15.6 Å². The van der Waals surface area contributed by atoms with E-state index >= 15 is 0 Å². The minimum Gasteiger partial charge on any atom is -0.322 e. The molecule has 0 radical (unpaired) electrons. The van der Waals surface area contributed by atoms with E-state index in [0.717, 1.165) is 26.4 Å². The average molecular weight is 283 g/mol. The van der Waals surface area contributed by atoms with Crippen molar-refractivity contribution in [3.63, 3.8) is 0 Å². The third-order valence-corrected chi connectivity index (χ3v) is 4.02. The number of nitrogens with zero attached hydrogens (tertiary/aromatic N) is 1. The van der Waals surface area contributed by atoms with Crippen molar-refractivity contribution in [3.8, 4) is 0 Å². The summed E-state index contributed by atoms with van der Waals surface area (Å²) >= 11 is 6.58. The molecule has 0 spiro atoms. The van der Waals surface area contributed by atoms with E-state index in [1.54, 1.807) is 0 Å². The lowest BCUT2D eigenvalue weighted by Crippen LogP contribution is -2.33. The lowest BCUT2D eigenvalue weighted by molar-refractivity contribution is -0.115. The Labute approximate surface area is 112 Å². The summed E-state index contributed by atoms with van der Waals surface area (Å²) in [5, 5.41) is 0.613. The zero-order chi connectivity index (χ0) is 13.4. The van der Waals surface area contributed by atoms with Gasteiger partial charge in [-0.15, -0.1) is 11.3 Å². The predicted octanol–water partition coefficient (Wildman–Crippen LogP) is 2.08. The summed E-state index contributed by atoms with van der Waals surface area (Å²) in [4.78, 5) is 28.3. The molecule has 2 heterocycles. The Kier molecular flexibility index (Phi) is 3.36. The molecular formula is C11H13N3O2S2. The van der Waals surface area contributed by atoms with Crippen LogP contribution in [0.1, 0.15) is 24.3 Å². The minimum atomic E-state index is -0.332. The van der Waals surface area contributed by atoms with Gasteiger partial charge in [-0.25, -0.2) is 0 Å². The summed E-state index contributed by atoms with van der Waals surface area (Å²) in [6.45, 7) is 5.31. The van der Waals surface area contributed by atoms with Crippen molar-refractivity contribution < 1.29 is 4.79 Å². The second kappa shape index (κ2) is 4.66. The first-order valence-corrected chi connectivity index (χ1v) is 6.73. The largest absolute Gasteiger partial charge is 0.322 e. The van der Waals surface area contributed by atoms with E-state index in [9.17, 15) is 9.59 Å². The Morgan fingerprint density at radius 1 is 1.56 bits per heavy atom. The van der Waals surface area contributed by atoms with Crippen molar-refractivity contribution in [2.75, 3.05) is 5.43 Å². The summed E-state index contributed by atoms with van der Waals surface area (Å²) < 4.78 is 1.29. The molecule has 0 aliphatic carbocycles. The van der Waals surface area contributed by atoms with Crippen LogP contribution in [0.2, 0.25) is 0 Å². The monoisotopic (exact) mass is 283 g/mol. The SMILES string of the molecule is CCc1c(C)sc2[nH]c(=S)n(NC(C)=O)c(=O)c12. The summed E-state index contributed by atoms with van der Waals surface area (Å²) in [6.07, 6.45) is 0.770. The number of rotatable bonds is 2. The van der Waals surface area contributed by atoms with Gasteiger partial charge >= 0.3 is 0 Å². The summed E-state index contributed by atoms with van der Waals surface area (Å²) in [7, 11) is 0. The van der Waals surface area contributed by atoms with Gasteiger partial charge in [0.05, 0.1) is 5.39 Å². The Hall–Kier alpha value is -1.47. The zero-order valence-corrected chi connectivity index (χ0v) is 11.9. The van der Waals surface area contributed by atoms with Crippen LogP contribution in [0.5, 0.6) is 0 Å². The zero-order valence-electron chi connectivity index (χ0n) is 10.3. The molecule has 5 nitrogen and oxygen atoms in total. The van der Waals surface area contributed by atoms with Crippen molar-refractivity contribution >= 4 is 39.7 Å². The van der Waals surface area contributed by atoms with Crippen LogP contribution in [0, 0.1) is 11.7 Å². The Morgan fingerprint density at radius 2 is 2.22 bits per heavy atom. The fraction of sp³-hybridized carbons (Fsp3) is 0.364. The van der Waals surface area contributed by atoms with Gasteiger partial charge < -0.3 is 4.98 Å². The van der Waals surface area contributed by atoms with E-state index < -0.39 is 0 Å². The highest BCUT2D eigenvalue weighted by Crippen LogP contribution is 2.26. The number of aromatic amines is 1. The Morgan fingerprint density at radius 3 is 2.78 bits per heavy atom. The van der Waals surface area contributed by atoms with Crippen molar-refractivity contribution in [2.24, 2.45) is 0 Å².